The molecule has 1 aliphatic rings. The molecule has 0 spiro atoms. The highest BCUT2D eigenvalue weighted by molar-refractivity contribution is 7.80. The van der Waals surface area contributed by atoms with Gasteiger partial charge in [0.25, 0.3) is 0 Å². The molecule has 0 aromatic rings. The fraction of sp³-hybridized carbons (Fsp3) is 0.714. The van der Waals surface area contributed by atoms with Crippen LogP contribution in [0.25, 0.3) is 0 Å². The predicted octanol–water partition coefficient (Wildman–Crippen LogP) is -1.76. The van der Waals surface area contributed by atoms with E-state index in [1.807, 2.05) is 0 Å². The van der Waals surface area contributed by atoms with E-state index >= 15 is 0 Å². The Balaban J connectivity index is 2.76. The van der Waals surface area contributed by atoms with Gasteiger partial charge in [-0.1, -0.05) is 0 Å². The second-order valence-corrected chi connectivity index (χ2v) is 6.53. The van der Waals surface area contributed by atoms with Crippen molar-refractivity contribution in [3.05, 3.63) is 0 Å². The number of likely N-dealkylation sites (tertiary alicyclic amines) is 1. The van der Waals surface area contributed by atoms with Gasteiger partial charge in [-0.15, -0.1) is 0 Å². The summed E-state index contributed by atoms with van der Waals surface area (Å²) in [5.41, 5.74) is 5.44. The topological polar surface area (TPSA) is 142 Å². The number of aliphatic carboxylic acids is 1. The van der Waals surface area contributed by atoms with Crippen LogP contribution in [0.15, 0.2) is 0 Å². The van der Waals surface area contributed by atoms with Crippen molar-refractivity contribution in [1.82, 2.24) is 15.5 Å². The number of carboxylic acid groups (broad SMARTS) is 1. The molecule has 1 heterocycles. The van der Waals surface area contributed by atoms with Crippen LogP contribution in [0.2, 0.25) is 0 Å². The van der Waals surface area contributed by atoms with Gasteiger partial charge in [-0.25, -0.2) is 4.79 Å². The minimum Gasteiger partial charge on any atom is -0.480 e. The highest BCUT2D eigenvalue weighted by Gasteiger charge is 2.37. The Kier molecular flexibility index (Phi) is 8.53. The molecule has 9 nitrogen and oxygen atoms in total. The van der Waals surface area contributed by atoms with Crippen LogP contribution in [0.5, 0.6) is 0 Å². The van der Waals surface area contributed by atoms with Gasteiger partial charge in [-0.05, 0) is 19.8 Å². The van der Waals surface area contributed by atoms with Crippen molar-refractivity contribution in [3.8, 4) is 0 Å². The zero-order valence-electron chi connectivity index (χ0n) is 13.8. The van der Waals surface area contributed by atoms with E-state index in [0.717, 1.165) is 0 Å². The molecule has 0 bridgehead atoms. The lowest BCUT2D eigenvalue weighted by Gasteiger charge is -2.27. The van der Waals surface area contributed by atoms with Crippen molar-refractivity contribution < 1.29 is 24.3 Å². The Bertz CT molecular complexity index is 531. The lowest BCUT2D eigenvalue weighted by atomic mass is 10.2. The summed E-state index contributed by atoms with van der Waals surface area (Å²) in [5, 5.41) is 14.1. The molecular weight excluding hydrogens is 368 g/mol. The monoisotopic (exact) mass is 392 g/mol. The van der Waals surface area contributed by atoms with Gasteiger partial charge in [0.05, 0.1) is 6.04 Å². The van der Waals surface area contributed by atoms with Gasteiger partial charge in [-0.2, -0.15) is 25.3 Å². The first-order valence-corrected chi connectivity index (χ1v) is 9.10. The Morgan fingerprint density at radius 1 is 1.16 bits per heavy atom. The maximum atomic E-state index is 12.5. The normalized spacial score (nSPS) is 20.5. The number of nitrogens with one attached hydrogen (secondary N) is 2. The molecule has 4 unspecified atom stereocenters. The molecule has 0 aromatic heterocycles. The smallest absolute Gasteiger partial charge is 0.326 e. The zero-order chi connectivity index (χ0) is 19.1. The molecular formula is C14H24N4O5S2. The largest absolute Gasteiger partial charge is 0.480 e. The third kappa shape index (κ3) is 5.79. The lowest BCUT2D eigenvalue weighted by molar-refractivity contribution is -0.149. The van der Waals surface area contributed by atoms with E-state index in [1.165, 1.54) is 11.8 Å². The van der Waals surface area contributed by atoms with Crippen LogP contribution in [0.3, 0.4) is 0 Å². The number of carbonyl (C=O) groups is 4. The second-order valence-electron chi connectivity index (χ2n) is 5.80. The standard InChI is InChI=1S/C14H24N4O5S2/c1-7(15)11(19)16-8(5-24)12(20)17-9(6-25)13(21)18-4-2-3-10(18)14(22)23/h7-10,24-25H,2-6,15H2,1H3,(H,16,19)(H,17,20)(H,22,23). The van der Waals surface area contributed by atoms with E-state index in [-0.39, 0.29) is 11.5 Å². The Hall–Kier alpha value is -1.46. The summed E-state index contributed by atoms with van der Waals surface area (Å²) in [6, 6.07) is -3.65. The fourth-order valence-electron chi connectivity index (χ4n) is 2.44. The first kappa shape index (κ1) is 21.6. The van der Waals surface area contributed by atoms with E-state index in [1.54, 1.807) is 0 Å². The summed E-state index contributed by atoms with van der Waals surface area (Å²) >= 11 is 8.09. The van der Waals surface area contributed by atoms with E-state index in [4.69, 9.17) is 5.73 Å². The fourth-order valence-corrected chi connectivity index (χ4v) is 2.95. The molecule has 4 atom stereocenters. The van der Waals surface area contributed by atoms with E-state index in [0.29, 0.717) is 19.4 Å². The molecule has 142 valence electrons. The number of rotatable bonds is 8. The van der Waals surface area contributed by atoms with Gasteiger partial charge in [0, 0.05) is 18.1 Å². The lowest BCUT2D eigenvalue weighted by Crippen LogP contribution is -2.58. The molecule has 0 aliphatic carbocycles. The number of nitrogens with zero attached hydrogens (tertiary/aromatic N) is 1. The van der Waals surface area contributed by atoms with Crippen LogP contribution in [0.1, 0.15) is 19.8 Å². The number of thiol groups is 2. The van der Waals surface area contributed by atoms with Gasteiger partial charge in [0.1, 0.15) is 18.1 Å². The number of hydrogen-bond acceptors (Lipinski definition) is 7. The summed E-state index contributed by atoms with van der Waals surface area (Å²) < 4.78 is 0. The Labute approximate surface area is 156 Å². The molecule has 0 aromatic carbocycles. The summed E-state index contributed by atoms with van der Waals surface area (Å²) in [4.78, 5) is 48.9. The third-order valence-corrected chi connectivity index (χ3v) is 4.58. The van der Waals surface area contributed by atoms with E-state index in [2.05, 4.69) is 35.9 Å². The highest BCUT2D eigenvalue weighted by atomic mass is 32.1. The molecule has 25 heavy (non-hydrogen) atoms. The SMILES string of the molecule is CC(N)C(=O)NC(CS)C(=O)NC(CS)C(=O)N1CCCC1C(=O)O. The summed E-state index contributed by atoms with van der Waals surface area (Å²) in [6.07, 6.45) is 0.956. The van der Waals surface area contributed by atoms with Gasteiger partial charge in [-0.3, -0.25) is 14.4 Å². The molecule has 1 saturated heterocycles. The number of carbonyl (C=O) groups excluding carboxylic acids is 3. The van der Waals surface area contributed by atoms with Crippen LogP contribution in [0.4, 0.5) is 0 Å². The summed E-state index contributed by atoms with van der Waals surface area (Å²) in [6.45, 7) is 1.79. The molecule has 5 N–H and O–H groups in total. The molecule has 1 aliphatic heterocycles. The quantitative estimate of drug-likeness (QED) is 0.270. The van der Waals surface area contributed by atoms with Crippen molar-refractivity contribution in [2.24, 2.45) is 5.73 Å². The highest BCUT2D eigenvalue weighted by Crippen LogP contribution is 2.18. The van der Waals surface area contributed by atoms with Crippen molar-refractivity contribution >= 4 is 48.9 Å². The zero-order valence-corrected chi connectivity index (χ0v) is 15.6. The molecule has 11 heteroatoms. The predicted molar refractivity (Wildman–Crippen MR) is 97.6 cm³/mol. The Morgan fingerprint density at radius 2 is 1.72 bits per heavy atom. The second kappa shape index (κ2) is 9.88. The first-order chi connectivity index (χ1) is 11.7. The van der Waals surface area contributed by atoms with Crippen molar-refractivity contribution in [2.75, 3.05) is 18.1 Å². The summed E-state index contributed by atoms with van der Waals surface area (Å²) in [7, 11) is 0. The maximum absolute atomic E-state index is 12.5. The minimum absolute atomic E-state index is 0.00601. The number of hydrogen-bond donors (Lipinski definition) is 6. The molecule has 0 radical (unpaired) electrons. The van der Waals surface area contributed by atoms with Crippen LogP contribution in [-0.4, -0.2) is 75.9 Å². The van der Waals surface area contributed by atoms with Crippen molar-refractivity contribution in [2.45, 2.75) is 43.9 Å². The van der Waals surface area contributed by atoms with Crippen LogP contribution < -0.4 is 16.4 Å². The average Bonchev–Trinajstić information content (AvgIpc) is 3.06. The van der Waals surface area contributed by atoms with Crippen molar-refractivity contribution in [1.29, 1.82) is 0 Å². The van der Waals surface area contributed by atoms with E-state index in [9.17, 15) is 24.3 Å². The van der Waals surface area contributed by atoms with Crippen molar-refractivity contribution in [3.63, 3.8) is 0 Å². The third-order valence-electron chi connectivity index (χ3n) is 3.85. The van der Waals surface area contributed by atoms with Gasteiger partial charge in [0.2, 0.25) is 17.7 Å². The average molecular weight is 393 g/mol. The number of amides is 3. The van der Waals surface area contributed by atoms with E-state index < -0.39 is 47.9 Å². The van der Waals surface area contributed by atoms with Gasteiger partial charge >= 0.3 is 5.97 Å². The van der Waals surface area contributed by atoms with Gasteiger partial charge in [0.15, 0.2) is 0 Å². The number of nitrogens with two attached hydrogens (primary N) is 1. The summed E-state index contributed by atoms with van der Waals surface area (Å²) in [5.74, 6) is -2.71. The molecule has 1 fully saturated rings. The number of carboxylic acids is 1. The first-order valence-electron chi connectivity index (χ1n) is 7.84. The maximum Gasteiger partial charge on any atom is 0.326 e. The Morgan fingerprint density at radius 3 is 2.20 bits per heavy atom. The molecule has 1 rings (SSSR count). The van der Waals surface area contributed by atoms with Crippen LogP contribution >= 0.6 is 25.3 Å². The van der Waals surface area contributed by atoms with Gasteiger partial charge < -0.3 is 26.4 Å². The molecule has 3 amide bonds. The molecule has 0 saturated carbocycles. The minimum atomic E-state index is -1.08. The van der Waals surface area contributed by atoms with Crippen LogP contribution in [0, 0.1) is 0 Å². The van der Waals surface area contributed by atoms with Crippen LogP contribution in [-0.2, 0) is 19.2 Å².